The maximum Gasteiger partial charge on any atom is 0.339 e. The Kier molecular flexibility index (Phi) is 3.24. The normalized spacial score (nSPS) is 10.6. The molecule has 84 valence electrons. The van der Waals surface area contributed by atoms with Crippen LogP contribution >= 0.6 is 0 Å². The highest BCUT2D eigenvalue weighted by atomic mass is 16.5. The van der Waals surface area contributed by atoms with E-state index in [1.165, 1.54) is 6.07 Å². The van der Waals surface area contributed by atoms with Gasteiger partial charge in [-0.15, -0.1) is 6.42 Å². The van der Waals surface area contributed by atoms with Crippen LogP contribution in [-0.2, 0) is 0 Å². The van der Waals surface area contributed by atoms with Gasteiger partial charge in [0.2, 0.25) is 0 Å². The van der Waals surface area contributed by atoms with Crippen molar-refractivity contribution in [1.29, 1.82) is 0 Å². The van der Waals surface area contributed by atoms with Crippen molar-refractivity contribution in [3.63, 3.8) is 0 Å². The van der Waals surface area contributed by atoms with Crippen LogP contribution in [0, 0.1) is 19.3 Å². The lowest BCUT2D eigenvalue weighted by Crippen LogP contribution is -2.26. The summed E-state index contributed by atoms with van der Waals surface area (Å²) in [7, 11) is 0. The summed E-state index contributed by atoms with van der Waals surface area (Å²) >= 11 is 0. The molecule has 16 heavy (non-hydrogen) atoms. The molecule has 0 unspecified atom stereocenters. The average molecular weight is 218 g/mol. The lowest BCUT2D eigenvalue weighted by Gasteiger charge is -2.21. The fourth-order valence-corrected chi connectivity index (χ4v) is 1.20. The van der Waals surface area contributed by atoms with Crippen LogP contribution in [0.15, 0.2) is 18.2 Å². The number of terminal acetylenes is 1. The van der Waals surface area contributed by atoms with Crippen molar-refractivity contribution in [2.45, 2.75) is 26.4 Å². The molecule has 3 heteroatoms. The van der Waals surface area contributed by atoms with E-state index >= 15 is 0 Å². The van der Waals surface area contributed by atoms with Crippen LogP contribution in [0.1, 0.15) is 29.8 Å². The molecule has 0 radical (unpaired) electrons. The first-order valence-electron chi connectivity index (χ1n) is 4.86. The molecule has 0 saturated carbocycles. The van der Waals surface area contributed by atoms with E-state index in [4.69, 9.17) is 16.3 Å². The van der Waals surface area contributed by atoms with Gasteiger partial charge in [0.1, 0.15) is 11.3 Å². The first-order chi connectivity index (χ1) is 7.35. The van der Waals surface area contributed by atoms with E-state index in [0.29, 0.717) is 5.75 Å². The zero-order chi connectivity index (χ0) is 12.3. The molecule has 0 bridgehead atoms. The highest BCUT2D eigenvalue weighted by molar-refractivity contribution is 5.91. The SMILES string of the molecule is C#CC(C)(C)Oc1cc(C)ccc1C(=O)O. The first-order valence-corrected chi connectivity index (χ1v) is 4.86. The highest BCUT2D eigenvalue weighted by Gasteiger charge is 2.20. The van der Waals surface area contributed by atoms with E-state index < -0.39 is 11.6 Å². The van der Waals surface area contributed by atoms with Gasteiger partial charge in [-0.25, -0.2) is 4.79 Å². The van der Waals surface area contributed by atoms with Gasteiger partial charge in [0.15, 0.2) is 5.60 Å². The molecular formula is C13H14O3. The molecule has 0 atom stereocenters. The highest BCUT2D eigenvalue weighted by Crippen LogP contribution is 2.24. The topological polar surface area (TPSA) is 46.5 Å². The summed E-state index contributed by atoms with van der Waals surface area (Å²) in [6.45, 7) is 5.28. The van der Waals surface area contributed by atoms with Crippen LogP contribution in [0.4, 0.5) is 0 Å². The third kappa shape index (κ3) is 2.77. The number of benzene rings is 1. The minimum absolute atomic E-state index is 0.119. The van der Waals surface area contributed by atoms with E-state index in [2.05, 4.69) is 5.92 Å². The van der Waals surface area contributed by atoms with Crippen molar-refractivity contribution >= 4 is 5.97 Å². The Hall–Kier alpha value is -1.95. The Morgan fingerprint density at radius 2 is 2.12 bits per heavy atom. The summed E-state index contributed by atoms with van der Waals surface area (Å²) in [5.74, 6) is 1.74. The van der Waals surface area contributed by atoms with Gasteiger partial charge in [-0.1, -0.05) is 12.0 Å². The molecule has 0 aromatic heterocycles. The van der Waals surface area contributed by atoms with Gasteiger partial charge in [-0.2, -0.15) is 0 Å². The predicted molar refractivity (Wildman–Crippen MR) is 61.7 cm³/mol. The number of carboxylic acid groups (broad SMARTS) is 1. The van der Waals surface area contributed by atoms with E-state index in [9.17, 15) is 4.79 Å². The molecule has 0 aliphatic carbocycles. The summed E-state index contributed by atoms with van der Waals surface area (Å²) in [6.07, 6.45) is 5.30. The molecule has 1 N–H and O–H groups in total. The van der Waals surface area contributed by atoms with Gasteiger partial charge < -0.3 is 9.84 Å². The second kappa shape index (κ2) is 4.28. The van der Waals surface area contributed by atoms with E-state index in [1.54, 1.807) is 26.0 Å². The van der Waals surface area contributed by atoms with Gasteiger partial charge in [0.05, 0.1) is 0 Å². The average Bonchev–Trinajstić information content (AvgIpc) is 2.16. The molecule has 0 spiro atoms. The Labute approximate surface area is 95.1 Å². The van der Waals surface area contributed by atoms with Gasteiger partial charge in [-0.3, -0.25) is 0 Å². The maximum absolute atomic E-state index is 11.0. The third-order valence-electron chi connectivity index (χ3n) is 2.08. The molecular weight excluding hydrogens is 204 g/mol. The van der Waals surface area contributed by atoms with Crippen molar-refractivity contribution in [2.75, 3.05) is 0 Å². The quantitative estimate of drug-likeness (QED) is 0.793. The molecule has 1 rings (SSSR count). The summed E-state index contributed by atoms with van der Waals surface area (Å²) in [5.41, 5.74) is 0.222. The second-order valence-corrected chi connectivity index (χ2v) is 4.06. The fraction of sp³-hybridized carbons (Fsp3) is 0.308. The monoisotopic (exact) mass is 218 g/mol. The van der Waals surface area contributed by atoms with Crippen molar-refractivity contribution in [1.82, 2.24) is 0 Å². The van der Waals surface area contributed by atoms with Crippen molar-refractivity contribution < 1.29 is 14.6 Å². The van der Waals surface area contributed by atoms with Gasteiger partial charge in [-0.05, 0) is 38.5 Å². The molecule has 3 nitrogen and oxygen atoms in total. The lowest BCUT2D eigenvalue weighted by atomic mass is 10.1. The van der Waals surface area contributed by atoms with Crippen LogP contribution in [-0.4, -0.2) is 16.7 Å². The second-order valence-electron chi connectivity index (χ2n) is 4.06. The number of ether oxygens (including phenoxy) is 1. The molecule has 0 aliphatic heterocycles. The zero-order valence-corrected chi connectivity index (χ0v) is 9.57. The van der Waals surface area contributed by atoms with Crippen LogP contribution < -0.4 is 4.74 Å². The van der Waals surface area contributed by atoms with Gasteiger partial charge in [0.25, 0.3) is 0 Å². The van der Waals surface area contributed by atoms with Crippen LogP contribution in [0.2, 0.25) is 0 Å². The van der Waals surface area contributed by atoms with Crippen molar-refractivity contribution in [3.05, 3.63) is 29.3 Å². The maximum atomic E-state index is 11.0. The minimum Gasteiger partial charge on any atom is -0.478 e. The minimum atomic E-state index is -1.03. The molecule has 1 aromatic carbocycles. The molecule has 0 aliphatic rings. The Balaban J connectivity index is 3.17. The summed E-state index contributed by atoms with van der Waals surface area (Å²) in [6, 6.07) is 4.90. The van der Waals surface area contributed by atoms with Gasteiger partial charge in [0, 0.05) is 0 Å². The number of carboxylic acids is 1. The van der Waals surface area contributed by atoms with Crippen LogP contribution in [0.25, 0.3) is 0 Å². The molecule has 0 heterocycles. The fourth-order valence-electron chi connectivity index (χ4n) is 1.20. The Bertz CT molecular complexity index is 453. The molecule has 1 aromatic rings. The van der Waals surface area contributed by atoms with Crippen LogP contribution in [0.5, 0.6) is 5.75 Å². The molecule has 0 saturated heterocycles. The van der Waals surface area contributed by atoms with E-state index in [1.807, 2.05) is 6.92 Å². The Morgan fingerprint density at radius 1 is 1.50 bits per heavy atom. The van der Waals surface area contributed by atoms with E-state index in [-0.39, 0.29) is 5.56 Å². The number of aromatic carboxylic acids is 1. The lowest BCUT2D eigenvalue weighted by molar-refractivity contribution is 0.0687. The smallest absolute Gasteiger partial charge is 0.339 e. The van der Waals surface area contributed by atoms with Gasteiger partial charge >= 0.3 is 5.97 Å². The number of hydrogen-bond acceptors (Lipinski definition) is 2. The summed E-state index contributed by atoms with van der Waals surface area (Å²) in [5, 5.41) is 8.99. The molecule has 0 fully saturated rings. The standard InChI is InChI=1S/C13H14O3/c1-5-13(3,4)16-11-8-9(2)6-7-10(11)12(14)15/h1,6-8H,2-4H3,(H,14,15). The largest absolute Gasteiger partial charge is 0.478 e. The summed E-state index contributed by atoms with van der Waals surface area (Å²) < 4.78 is 5.51. The van der Waals surface area contributed by atoms with Crippen molar-refractivity contribution in [2.24, 2.45) is 0 Å². The molecule has 0 amide bonds. The first kappa shape index (κ1) is 12.1. The summed E-state index contributed by atoms with van der Waals surface area (Å²) in [4.78, 5) is 11.0. The number of aryl methyl sites for hydroxylation is 1. The number of carbonyl (C=O) groups is 1. The predicted octanol–water partition coefficient (Wildman–Crippen LogP) is 2.48. The zero-order valence-electron chi connectivity index (χ0n) is 9.57. The third-order valence-corrected chi connectivity index (χ3v) is 2.08. The van der Waals surface area contributed by atoms with Crippen LogP contribution in [0.3, 0.4) is 0 Å². The Morgan fingerprint density at radius 3 is 2.62 bits per heavy atom. The number of rotatable bonds is 3. The van der Waals surface area contributed by atoms with E-state index in [0.717, 1.165) is 5.56 Å². The van der Waals surface area contributed by atoms with Crippen molar-refractivity contribution in [3.8, 4) is 18.1 Å². The number of hydrogen-bond donors (Lipinski definition) is 1.